The molecule has 1 heterocycles. The second-order valence-electron chi connectivity index (χ2n) is 3.86. The monoisotopic (exact) mass is 173 g/mol. The van der Waals surface area contributed by atoms with Gasteiger partial charge in [0.1, 0.15) is 0 Å². The molecule has 0 spiro atoms. The van der Waals surface area contributed by atoms with E-state index in [0.29, 0.717) is 0 Å². The van der Waals surface area contributed by atoms with Crippen LogP contribution in [0.4, 0.5) is 0 Å². The lowest BCUT2D eigenvalue weighted by atomic mass is 9.79. The van der Waals surface area contributed by atoms with Gasteiger partial charge in [0, 0.05) is 6.04 Å². The van der Waals surface area contributed by atoms with Crippen molar-refractivity contribution in [2.75, 3.05) is 0 Å². The van der Waals surface area contributed by atoms with Gasteiger partial charge in [-0.2, -0.15) is 0 Å². The van der Waals surface area contributed by atoms with Crippen LogP contribution in [0, 0.1) is 5.92 Å². The van der Waals surface area contributed by atoms with Crippen molar-refractivity contribution in [3.05, 3.63) is 0 Å². The molecule has 0 bridgehead atoms. The van der Waals surface area contributed by atoms with Gasteiger partial charge < -0.3 is 0 Å². The van der Waals surface area contributed by atoms with Crippen molar-refractivity contribution in [1.82, 2.24) is 5.32 Å². The number of piperidine rings is 1. The van der Waals surface area contributed by atoms with Gasteiger partial charge in [-0.3, -0.25) is 5.32 Å². The van der Waals surface area contributed by atoms with Crippen molar-refractivity contribution in [3.63, 3.8) is 0 Å². The van der Waals surface area contributed by atoms with Crippen LogP contribution in [-0.4, -0.2) is 11.5 Å². The Balaban J connectivity index is 1.93. The molecule has 1 saturated heterocycles. The maximum absolute atomic E-state index is 6.03. The van der Waals surface area contributed by atoms with Crippen LogP contribution in [0.5, 0.6) is 0 Å². The molecule has 1 saturated carbocycles. The molecule has 3 unspecified atom stereocenters. The summed E-state index contributed by atoms with van der Waals surface area (Å²) in [5, 5.41) is 3.48. The molecule has 2 aliphatic rings. The zero-order valence-corrected chi connectivity index (χ0v) is 7.61. The third-order valence-electron chi connectivity index (χ3n) is 3.09. The molecular formula is C9H16ClN. The molecule has 0 aromatic heterocycles. The summed E-state index contributed by atoms with van der Waals surface area (Å²) in [4.78, 5) is 0. The first-order valence-electron chi connectivity index (χ1n) is 4.76. The van der Waals surface area contributed by atoms with E-state index < -0.39 is 0 Å². The molecule has 0 aromatic rings. The van der Waals surface area contributed by atoms with E-state index in [1.807, 2.05) is 0 Å². The van der Waals surface area contributed by atoms with Crippen LogP contribution in [0.25, 0.3) is 0 Å². The van der Waals surface area contributed by atoms with Crippen LogP contribution in [0.15, 0.2) is 0 Å². The van der Waals surface area contributed by atoms with Crippen molar-refractivity contribution in [2.24, 2.45) is 5.92 Å². The van der Waals surface area contributed by atoms with Gasteiger partial charge in [-0.05, 0) is 31.6 Å². The second-order valence-corrected chi connectivity index (χ2v) is 4.39. The molecule has 1 aliphatic carbocycles. The highest BCUT2D eigenvalue weighted by Gasteiger charge is 2.30. The molecule has 2 rings (SSSR count). The molecule has 2 fully saturated rings. The second kappa shape index (κ2) is 3.32. The topological polar surface area (TPSA) is 12.0 Å². The molecule has 11 heavy (non-hydrogen) atoms. The van der Waals surface area contributed by atoms with Crippen LogP contribution < -0.4 is 5.32 Å². The highest BCUT2D eigenvalue weighted by molar-refractivity contribution is 6.20. The Morgan fingerprint density at radius 3 is 2.73 bits per heavy atom. The number of hydrogen-bond donors (Lipinski definition) is 1. The fourth-order valence-electron chi connectivity index (χ4n) is 2.45. The summed E-state index contributed by atoms with van der Waals surface area (Å²) in [5.74, 6) is 0.943. The molecule has 0 aromatic carbocycles. The Morgan fingerprint density at radius 2 is 1.82 bits per heavy atom. The van der Waals surface area contributed by atoms with Gasteiger partial charge in [0.2, 0.25) is 0 Å². The predicted octanol–water partition coefficient (Wildman–Crippen LogP) is 2.49. The Bertz CT molecular complexity index is 138. The number of nitrogens with one attached hydrogen (secondary N) is 1. The summed E-state index contributed by atoms with van der Waals surface area (Å²) in [7, 11) is 0. The first-order chi connectivity index (χ1) is 5.36. The van der Waals surface area contributed by atoms with Gasteiger partial charge in [0.15, 0.2) is 0 Å². The van der Waals surface area contributed by atoms with Crippen molar-refractivity contribution in [3.8, 4) is 0 Å². The van der Waals surface area contributed by atoms with E-state index in [2.05, 4.69) is 5.32 Å². The smallest absolute Gasteiger partial charge is 0.0827 e. The molecule has 0 amide bonds. The fourth-order valence-corrected chi connectivity index (χ4v) is 2.74. The van der Waals surface area contributed by atoms with Crippen molar-refractivity contribution in [2.45, 2.75) is 50.1 Å². The van der Waals surface area contributed by atoms with Crippen molar-refractivity contribution < 1.29 is 0 Å². The third kappa shape index (κ3) is 1.70. The SMILES string of the molecule is ClC1CCC2CCCCC2N1. The highest BCUT2D eigenvalue weighted by Crippen LogP contribution is 2.32. The Labute approximate surface area is 73.5 Å². The van der Waals surface area contributed by atoms with E-state index in [9.17, 15) is 0 Å². The van der Waals surface area contributed by atoms with Gasteiger partial charge >= 0.3 is 0 Å². The molecule has 2 heteroatoms. The molecule has 64 valence electrons. The lowest BCUT2D eigenvalue weighted by Gasteiger charge is -2.38. The number of fused-ring (bicyclic) bond motifs is 1. The minimum Gasteiger partial charge on any atom is -0.298 e. The zero-order valence-electron chi connectivity index (χ0n) is 6.85. The number of halogens is 1. The van der Waals surface area contributed by atoms with Crippen molar-refractivity contribution in [1.29, 1.82) is 0 Å². The minimum absolute atomic E-state index is 0.259. The van der Waals surface area contributed by atoms with Gasteiger partial charge in [0.05, 0.1) is 5.50 Å². The summed E-state index contributed by atoms with van der Waals surface area (Å²) >= 11 is 6.03. The molecule has 3 atom stereocenters. The number of rotatable bonds is 0. The Morgan fingerprint density at radius 1 is 1.00 bits per heavy atom. The zero-order chi connectivity index (χ0) is 7.68. The van der Waals surface area contributed by atoms with Crippen LogP contribution in [0.3, 0.4) is 0 Å². The van der Waals surface area contributed by atoms with Crippen LogP contribution >= 0.6 is 11.6 Å². The number of alkyl halides is 1. The van der Waals surface area contributed by atoms with Gasteiger partial charge in [0.25, 0.3) is 0 Å². The van der Waals surface area contributed by atoms with Gasteiger partial charge in [-0.15, -0.1) is 11.6 Å². The van der Waals surface area contributed by atoms with E-state index in [1.54, 1.807) is 0 Å². The Kier molecular flexibility index (Phi) is 2.38. The van der Waals surface area contributed by atoms with E-state index >= 15 is 0 Å². The predicted molar refractivity (Wildman–Crippen MR) is 47.8 cm³/mol. The third-order valence-corrected chi connectivity index (χ3v) is 3.44. The average molecular weight is 174 g/mol. The summed E-state index contributed by atoms with van der Waals surface area (Å²) in [6.45, 7) is 0. The van der Waals surface area contributed by atoms with E-state index in [4.69, 9.17) is 11.6 Å². The molecule has 1 N–H and O–H groups in total. The van der Waals surface area contributed by atoms with Gasteiger partial charge in [-0.25, -0.2) is 0 Å². The Hall–Kier alpha value is 0.250. The van der Waals surface area contributed by atoms with Crippen LogP contribution in [-0.2, 0) is 0 Å². The van der Waals surface area contributed by atoms with Gasteiger partial charge in [-0.1, -0.05) is 12.8 Å². The standard InChI is InChI=1S/C9H16ClN/c10-9-6-5-7-3-1-2-4-8(7)11-9/h7-9,11H,1-6H2. The molecule has 0 radical (unpaired) electrons. The quantitative estimate of drug-likeness (QED) is 0.439. The van der Waals surface area contributed by atoms with Crippen LogP contribution in [0.1, 0.15) is 38.5 Å². The summed E-state index contributed by atoms with van der Waals surface area (Å²) in [6.07, 6.45) is 8.15. The summed E-state index contributed by atoms with van der Waals surface area (Å²) < 4.78 is 0. The maximum Gasteiger partial charge on any atom is 0.0827 e. The normalized spacial score (nSPS) is 45.0. The van der Waals surface area contributed by atoms with E-state index in [-0.39, 0.29) is 5.50 Å². The largest absolute Gasteiger partial charge is 0.298 e. The minimum atomic E-state index is 0.259. The average Bonchev–Trinajstić information content (AvgIpc) is 2.04. The first kappa shape index (κ1) is 7.88. The molecular weight excluding hydrogens is 158 g/mol. The van der Waals surface area contributed by atoms with Crippen LogP contribution in [0.2, 0.25) is 0 Å². The molecule has 1 nitrogen and oxygen atoms in total. The summed E-state index contributed by atoms with van der Waals surface area (Å²) in [5.41, 5.74) is 0.259. The van der Waals surface area contributed by atoms with Crippen molar-refractivity contribution >= 4 is 11.6 Å². The lowest BCUT2D eigenvalue weighted by Crippen LogP contribution is -2.46. The summed E-state index contributed by atoms with van der Waals surface area (Å²) in [6, 6.07) is 0.750. The van der Waals surface area contributed by atoms with E-state index in [1.165, 1.54) is 38.5 Å². The van der Waals surface area contributed by atoms with E-state index in [0.717, 1.165) is 12.0 Å². The highest BCUT2D eigenvalue weighted by atomic mass is 35.5. The number of hydrogen-bond acceptors (Lipinski definition) is 1. The maximum atomic E-state index is 6.03. The lowest BCUT2D eigenvalue weighted by molar-refractivity contribution is 0.201. The molecule has 1 aliphatic heterocycles. The first-order valence-corrected chi connectivity index (χ1v) is 5.20. The fraction of sp³-hybridized carbons (Fsp3) is 1.00.